The highest BCUT2D eigenvalue weighted by molar-refractivity contribution is 6.31. The summed E-state index contributed by atoms with van der Waals surface area (Å²) < 4.78 is 0. The Labute approximate surface area is 95.2 Å². The summed E-state index contributed by atoms with van der Waals surface area (Å²) in [6, 6.07) is 6.08. The summed E-state index contributed by atoms with van der Waals surface area (Å²) in [5.74, 6) is 0. The van der Waals surface area contributed by atoms with E-state index in [1.165, 1.54) is 5.69 Å². The molecule has 0 aromatic heterocycles. The highest BCUT2D eigenvalue weighted by Gasteiger charge is 2.11. The maximum Gasteiger partial charge on any atom is 0.0452 e. The normalized spacial score (nSPS) is 16.8. The van der Waals surface area contributed by atoms with Gasteiger partial charge in [-0.05, 0) is 23.8 Å². The molecule has 0 saturated carbocycles. The predicted molar refractivity (Wildman–Crippen MR) is 64.4 cm³/mol. The molecule has 1 aromatic rings. The van der Waals surface area contributed by atoms with Crippen LogP contribution in [0.1, 0.15) is 5.56 Å². The molecular weight excluding hydrogens is 210 g/mol. The lowest BCUT2D eigenvalue weighted by molar-refractivity contribution is 0.589. The van der Waals surface area contributed by atoms with E-state index in [0.29, 0.717) is 6.54 Å². The second kappa shape index (κ2) is 4.84. The summed E-state index contributed by atoms with van der Waals surface area (Å²) in [4.78, 5) is 2.35. The van der Waals surface area contributed by atoms with Crippen molar-refractivity contribution in [2.24, 2.45) is 5.73 Å². The van der Waals surface area contributed by atoms with Crippen molar-refractivity contribution in [1.29, 1.82) is 0 Å². The molecule has 1 fully saturated rings. The zero-order chi connectivity index (χ0) is 10.7. The van der Waals surface area contributed by atoms with Crippen LogP contribution in [-0.2, 0) is 6.54 Å². The summed E-state index contributed by atoms with van der Waals surface area (Å²) in [6.07, 6.45) is 0. The monoisotopic (exact) mass is 225 g/mol. The van der Waals surface area contributed by atoms with Gasteiger partial charge in [0.15, 0.2) is 0 Å². The average Bonchev–Trinajstić information content (AvgIpc) is 2.31. The molecule has 15 heavy (non-hydrogen) atoms. The van der Waals surface area contributed by atoms with Crippen molar-refractivity contribution in [3.8, 4) is 0 Å². The Kier molecular flexibility index (Phi) is 3.46. The zero-order valence-electron chi connectivity index (χ0n) is 8.67. The summed E-state index contributed by atoms with van der Waals surface area (Å²) in [5, 5.41) is 4.09. The van der Waals surface area contributed by atoms with Gasteiger partial charge >= 0.3 is 0 Å². The van der Waals surface area contributed by atoms with Crippen LogP contribution in [0.5, 0.6) is 0 Å². The van der Waals surface area contributed by atoms with Crippen LogP contribution in [0.25, 0.3) is 0 Å². The molecule has 2 rings (SSSR count). The number of hydrogen-bond donors (Lipinski definition) is 2. The van der Waals surface area contributed by atoms with Gasteiger partial charge in [-0.2, -0.15) is 0 Å². The highest BCUT2D eigenvalue weighted by Crippen LogP contribution is 2.23. The van der Waals surface area contributed by atoms with Gasteiger partial charge < -0.3 is 16.0 Å². The number of piperazine rings is 1. The van der Waals surface area contributed by atoms with E-state index < -0.39 is 0 Å². The van der Waals surface area contributed by atoms with Gasteiger partial charge in [0.2, 0.25) is 0 Å². The molecule has 1 heterocycles. The molecule has 0 spiro atoms. The fourth-order valence-corrected chi connectivity index (χ4v) is 2.03. The Morgan fingerprint density at radius 3 is 2.73 bits per heavy atom. The summed E-state index contributed by atoms with van der Waals surface area (Å²) in [7, 11) is 0. The molecule has 1 aromatic carbocycles. The second-order valence-corrected chi connectivity index (χ2v) is 4.12. The summed E-state index contributed by atoms with van der Waals surface area (Å²) in [6.45, 7) is 4.68. The van der Waals surface area contributed by atoms with Gasteiger partial charge in [0, 0.05) is 43.4 Å². The Morgan fingerprint density at radius 1 is 1.33 bits per heavy atom. The van der Waals surface area contributed by atoms with Crippen LogP contribution in [-0.4, -0.2) is 26.2 Å². The van der Waals surface area contributed by atoms with Gasteiger partial charge in [-0.1, -0.05) is 11.6 Å². The van der Waals surface area contributed by atoms with Gasteiger partial charge in [0.05, 0.1) is 0 Å². The van der Waals surface area contributed by atoms with Gasteiger partial charge in [-0.3, -0.25) is 0 Å². The van der Waals surface area contributed by atoms with Gasteiger partial charge in [0.25, 0.3) is 0 Å². The lowest BCUT2D eigenvalue weighted by Gasteiger charge is -2.29. The first kappa shape index (κ1) is 10.7. The van der Waals surface area contributed by atoms with E-state index in [4.69, 9.17) is 17.3 Å². The highest BCUT2D eigenvalue weighted by atomic mass is 35.5. The summed E-state index contributed by atoms with van der Waals surface area (Å²) >= 11 is 6.02. The standard InChI is InChI=1S/C11H16ClN3/c12-11-2-1-10(7-9(11)8-13)15-5-3-14-4-6-15/h1-2,7,14H,3-6,8,13H2. The lowest BCUT2D eigenvalue weighted by Crippen LogP contribution is -2.43. The van der Waals surface area contributed by atoms with E-state index in [0.717, 1.165) is 36.8 Å². The third-order valence-corrected chi connectivity index (χ3v) is 3.10. The van der Waals surface area contributed by atoms with Crippen molar-refractivity contribution in [3.63, 3.8) is 0 Å². The van der Waals surface area contributed by atoms with Gasteiger partial charge in [0.1, 0.15) is 0 Å². The molecule has 0 unspecified atom stereocenters. The van der Waals surface area contributed by atoms with Crippen LogP contribution in [0.3, 0.4) is 0 Å². The minimum absolute atomic E-state index is 0.499. The van der Waals surface area contributed by atoms with E-state index in [-0.39, 0.29) is 0 Å². The fourth-order valence-electron chi connectivity index (χ4n) is 1.84. The van der Waals surface area contributed by atoms with Crippen molar-refractivity contribution >= 4 is 17.3 Å². The quantitative estimate of drug-likeness (QED) is 0.795. The van der Waals surface area contributed by atoms with E-state index in [2.05, 4.69) is 22.3 Å². The zero-order valence-corrected chi connectivity index (χ0v) is 9.43. The molecule has 0 aliphatic carbocycles. The van der Waals surface area contributed by atoms with Crippen LogP contribution in [0.4, 0.5) is 5.69 Å². The topological polar surface area (TPSA) is 41.3 Å². The smallest absolute Gasteiger partial charge is 0.0452 e. The molecule has 1 aliphatic heterocycles. The van der Waals surface area contributed by atoms with E-state index >= 15 is 0 Å². The van der Waals surface area contributed by atoms with Crippen LogP contribution in [0.2, 0.25) is 5.02 Å². The van der Waals surface area contributed by atoms with Crippen molar-refractivity contribution in [2.75, 3.05) is 31.1 Å². The molecule has 0 bridgehead atoms. The first-order chi connectivity index (χ1) is 7.31. The Hall–Kier alpha value is -0.770. The number of anilines is 1. The van der Waals surface area contributed by atoms with Crippen LogP contribution in [0, 0.1) is 0 Å². The maximum atomic E-state index is 6.02. The molecule has 4 heteroatoms. The SMILES string of the molecule is NCc1cc(N2CCNCC2)ccc1Cl. The van der Waals surface area contributed by atoms with E-state index in [1.807, 2.05) is 6.07 Å². The van der Waals surface area contributed by atoms with E-state index in [9.17, 15) is 0 Å². The molecular formula is C11H16ClN3. The number of hydrogen-bond acceptors (Lipinski definition) is 3. The first-order valence-electron chi connectivity index (χ1n) is 5.25. The number of benzene rings is 1. The van der Waals surface area contributed by atoms with Crippen molar-refractivity contribution in [3.05, 3.63) is 28.8 Å². The van der Waals surface area contributed by atoms with E-state index in [1.54, 1.807) is 0 Å². The summed E-state index contributed by atoms with van der Waals surface area (Å²) in [5.41, 5.74) is 7.88. The van der Waals surface area contributed by atoms with Crippen LogP contribution >= 0.6 is 11.6 Å². The largest absolute Gasteiger partial charge is 0.369 e. The maximum absolute atomic E-state index is 6.02. The number of halogens is 1. The molecule has 3 N–H and O–H groups in total. The molecule has 1 saturated heterocycles. The van der Waals surface area contributed by atoms with Crippen LogP contribution < -0.4 is 16.0 Å². The number of nitrogens with one attached hydrogen (secondary N) is 1. The number of nitrogens with two attached hydrogens (primary N) is 1. The fraction of sp³-hybridized carbons (Fsp3) is 0.455. The minimum atomic E-state index is 0.499. The molecule has 3 nitrogen and oxygen atoms in total. The Balaban J connectivity index is 2.20. The first-order valence-corrected chi connectivity index (χ1v) is 5.63. The third-order valence-electron chi connectivity index (χ3n) is 2.73. The third kappa shape index (κ3) is 2.43. The minimum Gasteiger partial charge on any atom is -0.369 e. The Morgan fingerprint density at radius 2 is 2.07 bits per heavy atom. The van der Waals surface area contributed by atoms with Crippen molar-refractivity contribution in [2.45, 2.75) is 6.54 Å². The molecule has 0 radical (unpaired) electrons. The number of rotatable bonds is 2. The molecule has 0 amide bonds. The molecule has 82 valence electrons. The predicted octanol–water partition coefficient (Wildman–Crippen LogP) is 1.21. The average molecular weight is 226 g/mol. The van der Waals surface area contributed by atoms with Crippen molar-refractivity contribution in [1.82, 2.24) is 5.32 Å². The lowest BCUT2D eigenvalue weighted by atomic mass is 10.1. The molecule has 1 aliphatic rings. The Bertz CT molecular complexity index is 335. The molecule has 0 atom stereocenters. The van der Waals surface area contributed by atoms with Crippen molar-refractivity contribution < 1.29 is 0 Å². The van der Waals surface area contributed by atoms with Gasteiger partial charge in [-0.25, -0.2) is 0 Å². The van der Waals surface area contributed by atoms with Gasteiger partial charge in [-0.15, -0.1) is 0 Å². The second-order valence-electron chi connectivity index (χ2n) is 3.72. The number of nitrogens with zero attached hydrogens (tertiary/aromatic N) is 1. The van der Waals surface area contributed by atoms with Crippen LogP contribution in [0.15, 0.2) is 18.2 Å².